The monoisotopic (exact) mass is 108 g/mol. The SMILES string of the molecule is Oc1c#cc(O)cc1. The summed E-state index contributed by atoms with van der Waals surface area (Å²) in [6, 6.07) is 7.24. The molecule has 8 heavy (non-hydrogen) atoms. The van der Waals surface area contributed by atoms with Crippen molar-refractivity contribution in [2.75, 3.05) is 0 Å². The van der Waals surface area contributed by atoms with Crippen LogP contribution in [0.15, 0.2) is 12.1 Å². The Morgan fingerprint density at radius 2 is 1.38 bits per heavy atom. The van der Waals surface area contributed by atoms with Gasteiger partial charge in [0, 0.05) is 0 Å². The standard InChI is InChI=1S/C6H4O2/c7-5-1-2-6(8)4-3-5/h1-2,7-8H. The number of rotatable bonds is 0. The van der Waals surface area contributed by atoms with Crippen molar-refractivity contribution >= 4 is 0 Å². The molecule has 0 amide bonds. The highest BCUT2D eigenvalue weighted by Gasteiger charge is 1.81. The van der Waals surface area contributed by atoms with E-state index in [2.05, 4.69) is 12.1 Å². The summed E-state index contributed by atoms with van der Waals surface area (Å²) in [7, 11) is 0. The van der Waals surface area contributed by atoms with Gasteiger partial charge >= 0.3 is 0 Å². The highest BCUT2D eigenvalue weighted by molar-refractivity contribution is 5.21. The van der Waals surface area contributed by atoms with E-state index >= 15 is 0 Å². The van der Waals surface area contributed by atoms with Crippen LogP contribution in [0.3, 0.4) is 0 Å². The molecular weight excluding hydrogens is 104 g/mol. The van der Waals surface area contributed by atoms with Gasteiger partial charge in [-0.05, 0) is 24.3 Å². The van der Waals surface area contributed by atoms with Crippen molar-refractivity contribution in [2.45, 2.75) is 0 Å². The molecule has 0 atom stereocenters. The molecule has 0 aliphatic rings. The van der Waals surface area contributed by atoms with Gasteiger partial charge in [0.15, 0.2) is 11.5 Å². The highest BCUT2D eigenvalue weighted by atomic mass is 16.3. The molecular formula is C6H4O2. The zero-order valence-corrected chi connectivity index (χ0v) is 4.05. The minimum absolute atomic E-state index is 0.0113. The van der Waals surface area contributed by atoms with Crippen LogP contribution >= 0.6 is 0 Å². The molecule has 1 aromatic carbocycles. The molecule has 0 saturated heterocycles. The summed E-state index contributed by atoms with van der Waals surface area (Å²) in [4.78, 5) is 0. The third-order valence-corrected chi connectivity index (χ3v) is 0.718. The third-order valence-electron chi connectivity index (χ3n) is 0.718. The molecule has 40 valence electrons. The van der Waals surface area contributed by atoms with Crippen molar-refractivity contribution in [3.05, 3.63) is 24.3 Å². The average molecular weight is 108 g/mol. The Bertz CT molecular complexity index is 145. The summed E-state index contributed by atoms with van der Waals surface area (Å²) >= 11 is 0. The Morgan fingerprint density at radius 3 is 1.62 bits per heavy atom. The van der Waals surface area contributed by atoms with Crippen molar-refractivity contribution in [1.29, 1.82) is 0 Å². The molecule has 0 aliphatic carbocycles. The normalized spacial score (nSPS) is 8.00. The predicted molar refractivity (Wildman–Crippen MR) is 27.4 cm³/mol. The minimum Gasteiger partial charge on any atom is -0.501 e. The fourth-order valence-electron chi connectivity index (χ4n) is 0.369. The summed E-state index contributed by atoms with van der Waals surface area (Å²) in [6.45, 7) is 0. The van der Waals surface area contributed by atoms with E-state index in [-0.39, 0.29) is 11.5 Å². The molecule has 0 radical (unpaired) electrons. The van der Waals surface area contributed by atoms with Gasteiger partial charge in [-0.25, -0.2) is 0 Å². The van der Waals surface area contributed by atoms with Crippen molar-refractivity contribution in [1.82, 2.24) is 0 Å². The van der Waals surface area contributed by atoms with Crippen LogP contribution in [0.1, 0.15) is 0 Å². The van der Waals surface area contributed by atoms with Crippen molar-refractivity contribution in [2.24, 2.45) is 0 Å². The molecule has 2 nitrogen and oxygen atoms in total. The van der Waals surface area contributed by atoms with Gasteiger partial charge in [0.25, 0.3) is 0 Å². The second kappa shape index (κ2) is 1.63. The lowest BCUT2D eigenvalue weighted by Crippen LogP contribution is -1.58. The van der Waals surface area contributed by atoms with Crippen LogP contribution in [0.2, 0.25) is 0 Å². The number of aromatic hydroxyl groups is 2. The van der Waals surface area contributed by atoms with Crippen LogP contribution < -0.4 is 0 Å². The molecule has 0 aliphatic heterocycles. The molecule has 2 heteroatoms. The van der Waals surface area contributed by atoms with E-state index in [0.717, 1.165) is 0 Å². The van der Waals surface area contributed by atoms with Crippen molar-refractivity contribution in [3.63, 3.8) is 0 Å². The van der Waals surface area contributed by atoms with Gasteiger partial charge in [0.1, 0.15) is 0 Å². The molecule has 0 heterocycles. The first-order valence-electron chi connectivity index (χ1n) is 2.11. The molecule has 0 bridgehead atoms. The second-order valence-corrected chi connectivity index (χ2v) is 1.35. The van der Waals surface area contributed by atoms with Crippen LogP contribution in [0.5, 0.6) is 11.5 Å². The third kappa shape index (κ3) is 0.824. The zero-order valence-electron chi connectivity index (χ0n) is 4.05. The van der Waals surface area contributed by atoms with E-state index in [4.69, 9.17) is 10.2 Å². The fourth-order valence-corrected chi connectivity index (χ4v) is 0.369. The minimum atomic E-state index is -0.0113. The predicted octanol–water partition coefficient (Wildman–Crippen LogP) is 0.698. The smallest absolute Gasteiger partial charge is 0.167 e. The summed E-state index contributed by atoms with van der Waals surface area (Å²) in [5.74, 6) is -0.0226. The summed E-state index contributed by atoms with van der Waals surface area (Å²) in [5, 5.41) is 17.1. The largest absolute Gasteiger partial charge is 0.501 e. The Labute approximate surface area is 47.0 Å². The van der Waals surface area contributed by atoms with Crippen LogP contribution in [-0.2, 0) is 0 Å². The topological polar surface area (TPSA) is 40.5 Å². The zero-order chi connectivity index (χ0) is 5.98. The molecule has 0 unspecified atom stereocenters. The van der Waals surface area contributed by atoms with E-state index in [1.54, 1.807) is 0 Å². The van der Waals surface area contributed by atoms with Crippen LogP contribution in [0, 0.1) is 12.1 Å². The van der Waals surface area contributed by atoms with Gasteiger partial charge in [0.2, 0.25) is 0 Å². The van der Waals surface area contributed by atoms with E-state index < -0.39 is 0 Å². The molecule has 2 N–H and O–H groups in total. The van der Waals surface area contributed by atoms with Gasteiger partial charge in [-0.3, -0.25) is 0 Å². The lowest BCUT2D eigenvalue weighted by atomic mass is 10.4. The van der Waals surface area contributed by atoms with E-state index in [1.807, 2.05) is 0 Å². The highest BCUT2D eigenvalue weighted by Crippen LogP contribution is 2.06. The molecule has 0 aromatic heterocycles. The molecule has 0 saturated carbocycles. The summed E-state index contributed by atoms with van der Waals surface area (Å²) in [5.41, 5.74) is 0. The number of hydrogen-bond acceptors (Lipinski definition) is 2. The van der Waals surface area contributed by atoms with Gasteiger partial charge in [0.05, 0.1) is 0 Å². The lowest BCUT2D eigenvalue weighted by Gasteiger charge is -1.81. The van der Waals surface area contributed by atoms with E-state index in [0.29, 0.717) is 0 Å². The first kappa shape index (κ1) is 4.79. The Kier molecular flexibility index (Phi) is 0.974. The van der Waals surface area contributed by atoms with Crippen molar-refractivity contribution in [3.8, 4) is 11.5 Å². The maximum absolute atomic E-state index is 8.56. The van der Waals surface area contributed by atoms with Gasteiger partial charge < -0.3 is 10.2 Å². The first-order valence-corrected chi connectivity index (χ1v) is 2.11. The fraction of sp³-hybridized carbons (Fsp3) is 0. The average Bonchev–Trinajstić information content (AvgIpc) is 1.77. The Balaban J connectivity index is 3.03. The maximum Gasteiger partial charge on any atom is 0.167 e. The first-order chi connectivity index (χ1) is 3.79. The quantitative estimate of drug-likeness (QED) is 0.513. The lowest BCUT2D eigenvalue weighted by molar-refractivity contribution is 0.462. The molecule has 0 fully saturated rings. The van der Waals surface area contributed by atoms with Gasteiger partial charge in [-0.1, -0.05) is 0 Å². The molecule has 1 rings (SSSR count). The number of hydrogen-bond donors (Lipinski definition) is 2. The van der Waals surface area contributed by atoms with Gasteiger partial charge in [-0.15, -0.1) is 0 Å². The second-order valence-electron chi connectivity index (χ2n) is 1.35. The summed E-state index contributed by atoms with van der Waals surface area (Å²) < 4.78 is 0. The maximum atomic E-state index is 8.56. The molecule has 0 spiro atoms. The van der Waals surface area contributed by atoms with E-state index in [9.17, 15) is 0 Å². The van der Waals surface area contributed by atoms with Crippen LogP contribution in [0.25, 0.3) is 0 Å². The van der Waals surface area contributed by atoms with Crippen molar-refractivity contribution < 1.29 is 10.2 Å². The van der Waals surface area contributed by atoms with E-state index in [1.165, 1.54) is 12.1 Å². The van der Waals surface area contributed by atoms with Gasteiger partial charge in [-0.2, -0.15) is 0 Å². The van der Waals surface area contributed by atoms with Crippen LogP contribution in [0.4, 0.5) is 0 Å². The Hall–Kier alpha value is -1.36. The summed E-state index contributed by atoms with van der Waals surface area (Å²) in [6.07, 6.45) is 0. The molecule has 1 aromatic rings. The Morgan fingerprint density at radius 1 is 1.00 bits per heavy atom. The van der Waals surface area contributed by atoms with Crippen LogP contribution in [-0.4, -0.2) is 10.2 Å².